The lowest BCUT2D eigenvalue weighted by atomic mass is 10.2. The van der Waals surface area contributed by atoms with E-state index in [1.807, 2.05) is 6.07 Å². The maximum Gasteiger partial charge on any atom is 0.258 e. The number of nitrogens with zero attached hydrogens (tertiary/aromatic N) is 1. The molecule has 1 fully saturated rings. The van der Waals surface area contributed by atoms with Gasteiger partial charge in [-0.1, -0.05) is 12.1 Å². The number of amides is 1. The zero-order valence-electron chi connectivity index (χ0n) is 11.4. The van der Waals surface area contributed by atoms with Gasteiger partial charge in [0.15, 0.2) is 14.9 Å². The predicted octanol–water partition coefficient (Wildman–Crippen LogP) is 1.58. The summed E-state index contributed by atoms with van der Waals surface area (Å²) >= 11 is 8.50. The molecule has 1 heterocycles. The topological polar surface area (TPSA) is 66.5 Å². The van der Waals surface area contributed by atoms with E-state index in [1.54, 1.807) is 30.1 Å². The Bertz CT molecular complexity index is 676. The van der Waals surface area contributed by atoms with Crippen LogP contribution in [0.2, 0.25) is 0 Å². The predicted molar refractivity (Wildman–Crippen MR) is 89.0 cm³/mol. The van der Waals surface area contributed by atoms with Crippen LogP contribution in [0.5, 0.6) is 0 Å². The van der Waals surface area contributed by atoms with E-state index in [0.717, 1.165) is 0 Å². The van der Waals surface area contributed by atoms with Crippen molar-refractivity contribution in [3.63, 3.8) is 0 Å². The molecule has 1 aliphatic heterocycles. The Hall–Kier alpha value is -0.990. The summed E-state index contributed by atoms with van der Waals surface area (Å²) in [6.45, 7) is 0. The minimum atomic E-state index is -2.98. The summed E-state index contributed by atoms with van der Waals surface area (Å²) in [5, 5.41) is 2.87. The van der Waals surface area contributed by atoms with Crippen LogP contribution in [0.15, 0.2) is 28.7 Å². The molecule has 0 spiro atoms. The van der Waals surface area contributed by atoms with Gasteiger partial charge in [0.05, 0.1) is 17.1 Å². The third-order valence-corrected chi connectivity index (χ3v) is 6.25. The molecular weight excluding hydrogens is 376 g/mol. The van der Waals surface area contributed by atoms with Crippen molar-refractivity contribution in [3.8, 4) is 0 Å². The largest absolute Gasteiger partial charge is 0.348 e. The summed E-state index contributed by atoms with van der Waals surface area (Å²) in [7, 11) is -1.28. The molecule has 0 aromatic heterocycles. The Balaban J connectivity index is 2.02. The van der Waals surface area contributed by atoms with Crippen LogP contribution in [0.1, 0.15) is 16.8 Å². The minimum absolute atomic E-state index is 0.0779. The van der Waals surface area contributed by atoms with E-state index in [4.69, 9.17) is 12.2 Å². The lowest BCUT2D eigenvalue weighted by Gasteiger charge is -2.26. The SMILES string of the molecule is CN(C(=S)NC(=O)c1ccccc1Br)[C@@H]1CCS(=O)(=O)C1. The molecule has 1 amide bonds. The zero-order chi connectivity index (χ0) is 15.6. The summed E-state index contributed by atoms with van der Waals surface area (Å²) in [5.41, 5.74) is 0.479. The highest BCUT2D eigenvalue weighted by molar-refractivity contribution is 9.10. The second-order valence-electron chi connectivity index (χ2n) is 4.91. The van der Waals surface area contributed by atoms with Gasteiger partial charge in [0.1, 0.15) is 0 Å². The van der Waals surface area contributed by atoms with Crippen LogP contribution in [0.3, 0.4) is 0 Å². The van der Waals surface area contributed by atoms with E-state index in [1.165, 1.54) is 0 Å². The second kappa shape index (κ2) is 6.41. The smallest absolute Gasteiger partial charge is 0.258 e. The van der Waals surface area contributed by atoms with E-state index in [9.17, 15) is 13.2 Å². The Labute approximate surface area is 137 Å². The Morgan fingerprint density at radius 2 is 2.10 bits per heavy atom. The number of benzene rings is 1. The van der Waals surface area contributed by atoms with Gasteiger partial charge in [0.2, 0.25) is 0 Å². The fourth-order valence-corrected chi connectivity index (χ4v) is 4.63. The molecule has 21 heavy (non-hydrogen) atoms. The van der Waals surface area contributed by atoms with Crippen LogP contribution in [0.25, 0.3) is 0 Å². The number of rotatable bonds is 2. The molecule has 1 aromatic carbocycles. The maximum atomic E-state index is 12.1. The van der Waals surface area contributed by atoms with Crippen molar-refractivity contribution in [1.82, 2.24) is 10.2 Å². The van der Waals surface area contributed by atoms with Gasteiger partial charge in [0.25, 0.3) is 5.91 Å². The van der Waals surface area contributed by atoms with Crippen LogP contribution >= 0.6 is 28.1 Å². The Morgan fingerprint density at radius 3 is 2.67 bits per heavy atom. The summed E-state index contributed by atoms with van der Waals surface area (Å²) in [4.78, 5) is 13.8. The first-order chi connectivity index (χ1) is 9.80. The van der Waals surface area contributed by atoms with E-state index in [2.05, 4.69) is 21.2 Å². The van der Waals surface area contributed by atoms with Crippen molar-refractivity contribution in [3.05, 3.63) is 34.3 Å². The van der Waals surface area contributed by atoms with E-state index < -0.39 is 9.84 Å². The van der Waals surface area contributed by atoms with E-state index >= 15 is 0 Å². The molecule has 0 bridgehead atoms. The van der Waals surface area contributed by atoms with Gasteiger partial charge in [-0.2, -0.15) is 0 Å². The minimum Gasteiger partial charge on any atom is -0.348 e. The highest BCUT2D eigenvalue weighted by Gasteiger charge is 2.32. The standard InChI is InChI=1S/C13H15BrN2O3S2/c1-16(9-6-7-21(18,19)8-9)13(20)15-12(17)10-4-2-3-5-11(10)14/h2-5,9H,6-8H2,1H3,(H,15,17,20)/t9-/m1/s1. The van der Waals surface area contributed by atoms with Gasteiger partial charge in [0, 0.05) is 17.6 Å². The summed E-state index contributed by atoms with van der Waals surface area (Å²) in [6.07, 6.45) is 0.532. The molecule has 1 atom stereocenters. The van der Waals surface area contributed by atoms with Gasteiger partial charge < -0.3 is 4.90 Å². The molecular formula is C13H15BrN2O3S2. The molecule has 2 rings (SSSR count). The van der Waals surface area contributed by atoms with Gasteiger partial charge >= 0.3 is 0 Å². The van der Waals surface area contributed by atoms with Crippen LogP contribution in [0, 0.1) is 0 Å². The number of hydrogen-bond acceptors (Lipinski definition) is 4. The first-order valence-electron chi connectivity index (χ1n) is 6.33. The molecule has 1 saturated heterocycles. The normalized spacial score (nSPS) is 20.0. The van der Waals surface area contributed by atoms with Crippen LogP contribution in [-0.4, -0.2) is 48.9 Å². The fraction of sp³-hybridized carbons (Fsp3) is 0.385. The number of halogens is 1. The van der Waals surface area contributed by atoms with Crippen molar-refractivity contribution < 1.29 is 13.2 Å². The average molecular weight is 391 g/mol. The van der Waals surface area contributed by atoms with Crippen LogP contribution in [0.4, 0.5) is 0 Å². The number of nitrogens with one attached hydrogen (secondary N) is 1. The van der Waals surface area contributed by atoms with Crippen molar-refractivity contribution in [1.29, 1.82) is 0 Å². The molecule has 0 saturated carbocycles. The van der Waals surface area contributed by atoms with Crippen molar-refractivity contribution in [2.75, 3.05) is 18.6 Å². The summed E-state index contributed by atoms with van der Waals surface area (Å²) in [6, 6.07) is 6.85. The third kappa shape index (κ3) is 4.02. The molecule has 114 valence electrons. The van der Waals surface area contributed by atoms with Crippen molar-refractivity contribution in [2.45, 2.75) is 12.5 Å². The number of hydrogen-bond donors (Lipinski definition) is 1. The van der Waals surface area contributed by atoms with Crippen LogP contribution < -0.4 is 5.32 Å². The quantitative estimate of drug-likeness (QED) is 0.776. The number of sulfone groups is 1. The highest BCUT2D eigenvalue weighted by Crippen LogP contribution is 2.18. The maximum absolute atomic E-state index is 12.1. The second-order valence-corrected chi connectivity index (χ2v) is 8.38. The van der Waals surface area contributed by atoms with Gasteiger partial charge in [-0.3, -0.25) is 10.1 Å². The lowest BCUT2D eigenvalue weighted by molar-refractivity contribution is 0.0972. The summed E-state index contributed by atoms with van der Waals surface area (Å²) in [5.74, 6) is -0.0719. The number of thiocarbonyl (C=S) groups is 1. The lowest BCUT2D eigenvalue weighted by Crippen LogP contribution is -2.46. The third-order valence-electron chi connectivity index (χ3n) is 3.42. The first-order valence-corrected chi connectivity index (χ1v) is 9.35. The first kappa shape index (κ1) is 16.4. The number of carbonyl (C=O) groups is 1. The molecule has 1 N–H and O–H groups in total. The number of carbonyl (C=O) groups excluding carboxylic acids is 1. The molecule has 5 nitrogen and oxygen atoms in total. The molecule has 1 aromatic rings. The molecule has 0 radical (unpaired) electrons. The van der Waals surface area contributed by atoms with Crippen molar-refractivity contribution in [2.24, 2.45) is 0 Å². The Kier molecular flexibility index (Phi) is 5.00. The average Bonchev–Trinajstić information content (AvgIpc) is 2.78. The molecule has 8 heteroatoms. The van der Waals surface area contributed by atoms with E-state index in [-0.39, 0.29) is 28.6 Å². The monoisotopic (exact) mass is 390 g/mol. The fourth-order valence-electron chi connectivity index (χ4n) is 2.14. The Morgan fingerprint density at radius 1 is 1.43 bits per heavy atom. The van der Waals surface area contributed by atoms with Gasteiger partial charge in [-0.25, -0.2) is 8.42 Å². The molecule has 0 aliphatic carbocycles. The van der Waals surface area contributed by atoms with Crippen molar-refractivity contribution >= 4 is 49.0 Å². The zero-order valence-corrected chi connectivity index (χ0v) is 14.6. The van der Waals surface area contributed by atoms with Gasteiger partial charge in [-0.05, 0) is 46.7 Å². The summed E-state index contributed by atoms with van der Waals surface area (Å²) < 4.78 is 23.7. The van der Waals surface area contributed by atoms with Gasteiger partial charge in [-0.15, -0.1) is 0 Å². The molecule has 0 unspecified atom stereocenters. The molecule has 1 aliphatic rings. The highest BCUT2D eigenvalue weighted by atomic mass is 79.9. The van der Waals surface area contributed by atoms with E-state index in [0.29, 0.717) is 16.5 Å². The van der Waals surface area contributed by atoms with Crippen LogP contribution in [-0.2, 0) is 9.84 Å².